The molecule has 1 heterocycles. The minimum atomic E-state index is -2.00. The summed E-state index contributed by atoms with van der Waals surface area (Å²) in [6.07, 6.45) is -6.15. The SMILES string of the molecule is CC(=O)O[C@@]12CO[C@@H]1C[C@H](OC(=O)OCc1ccccc1)[C@@]1(C)C(=O)[C@H](C)C3=C(C)[C@@H](O)C[C@@](O)([C@@H](OC(=O)c4ccccc4)[C@H]21)C3(C)C. The second-order valence-corrected chi connectivity index (χ2v) is 14.6. The van der Waals surface area contributed by atoms with Crippen molar-refractivity contribution in [1.29, 1.82) is 0 Å². The lowest BCUT2D eigenvalue weighted by molar-refractivity contribution is -0.345. The zero-order valence-corrected chi connectivity index (χ0v) is 28.6. The topological polar surface area (TPSA) is 155 Å². The second kappa shape index (κ2) is 12.4. The number of carbonyl (C=O) groups is 4. The molecule has 2 bridgehead atoms. The van der Waals surface area contributed by atoms with Gasteiger partial charge in [-0.15, -0.1) is 0 Å². The fourth-order valence-corrected chi connectivity index (χ4v) is 9.18. The number of carbonyl (C=O) groups excluding carboxylic acids is 4. The van der Waals surface area contributed by atoms with Gasteiger partial charge in [0.1, 0.15) is 36.3 Å². The molecule has 2 aromatic rings. The first kappa shape index (κ1) is 34.8. The zero-order chi connectivity index (χ0) is 35.5. The van der Waals surface area contributed by atoms with Gasteiger partial charge in [0, 0.05) is 31.1 Å². The van der Waals surface area contributed by atoms with E-state index in [1.165, 1.54) is 6.92 Å². The van der Waals surface area contributed by atoms with Crippen LogP contribution in [0, 0.1) is 22.7 Å². The molecule has 2 aromatic carbocycles. The van der Waals surface area contributed by atoms with Crippen molar-refractivity contribution in [2.75, 3.05) is 6.61 Å². The Morgan fingerprint density at radius 2 is 1.61 bits per heavy atom. The average Bonchev–Trinajstić information content (AvgIpc) is 3.06. The van der Waals surface area contributed by atoms with Gasteiger partial charge in [0.25, 0.3) is 0 Å². The number of hydrogen-bond donors (Lipinski definition) is 2. The Hall–Kier alpha value is -4.06. The summed E-state index contributed by atoms with van der Waals surface area (Å²) >= 11 is 0. The molecule has 262 valence electrons. The molecule has 9 atom stereocenters. The van der Waals surface area contributed by atoms with Gasteiger partial charge >= 0.3 is 18.1 Å². The number of aliphatic hydroxyl groups excluding tert-OH is 1. The van der Waals surface area contributed by atoms with Crippen LogP contribution in [0.4, 0.5) is 4.79 Å². The summed E-state index contributed by atoms with van der Waals surface area (Å²) in [6, 6.07) is 17.2. The smallest absolute Gasteiger partial charge is 0.455 e. The maximum atomic E-state index is 15.2. The van der Waals surface area contributed by atoms with Gasteiger partial charge in [-0.25, -0.2) is 9.59 Å². The third-order valence-corrected chi connectivity index (χ3v) is 11.7. The maximum absolute atomic E-state index is 15.2. The Kier molecular flexibility index (Phi) is 8.78. The van der Waals surface area contributed by atoms with Crippen LogP contribution in [0.3, 0.4) is 0 Å². The lowest BCUT2D eigenvalue weighted by Gasteiger charge is -2.67. The summed E-state index contributed by atoms with van der Waals surface area (Å²) < 4.78 is 29.9. The van der Waals surface area contributed by atoms with Crippen molar-refractivity contribution in [1.82, 2.24) is 0 Å². The molecule has 1 aliphatic heterocycles. The van der Waals surface area contributed by atoms with Crippen LogP contribution in [0.5, 0.6) is 0 Å². The van der Waals surface area contributed by atoms with Crippen LogP contribution in [-0.2, 0) is 39.9 Å². The van der Waals surface area contributed by atoms with E-state index in [9.17, 15) is 24.6 Å². The molecule has 1 saturated heterocycles. The first-order valence-electron chi connectivity index (χ1n) is 16.7. The Bertz CT molecular complexity index is 1670. The van der Waals surface area contributed by atoms with Crippen LogP contribution < -0.4 is 0 Å². The van der Waals surface area contributed by atoms with Crippen LogP contribution in [0.1, 0.15) is 70.3 Å². The summed E-state index contributed by atoms with van der Waals surface area (Å²) in [4.78, 5) is 55.4. The summed E-state index contributed by atoms with van der Waals surface area (Å²) in [5, 5.41) is 24.5. The largest absolute Gasteiger partial charge is 0.508 e. The number of hydrogen-bond acceptors (Lipinski definition) is 11. The highest BCUT2D eigenvalue weighted by Crippen LogP contribution is 2.65. The molecule has 0 spiro atoms. The summed E-state index contributed by atoms with van der Waals surface area (Å²) in [5.74, 6) is -4.04. The van der Waals surface area contributed by atoms with Gasteiger partial charge in [-0.05, 0) is 42.7 Å². The molecule has 2 saturated carbocycles. The van der Waals surface area contributed by atoms with Gasteiger partial charge in [-0.2, -0.15) is 0 Å². The highest BCUT2D eigenvalue weighted by Gasteiger charge is 2.78. The van der Waals surface area contributed by atoms with Gasteiger partial charge < -0.3 is 33.9 Å². The van der Waals surface area contributed by atoms with Crippen LogP contribution >= 0.6 is 0 Å². The van der Waals surface area contributed by atoms with Crippen LogP contribution in [0.25, 0.3) is 0 Å². The zero-order valence-electron chi connectivity index (χ0n) is 28.6. The fourth-order valence-electron chi connectivity index (χ4n) is 9.18. The van der Waals surface area contributed by atoms with E-state index in [1.807, 2.05) is 18.2 Å². The molecule has 11 heteroatoms. The van der Waals surface area contributed by atoms with Crippen molar-refractivity contribution in [3.8, 4) is 0 Å². The predicted molar refractivity (Wildman–Crippen MR) is 174 cm³/mol. The molecule has 6 rings (SSSR count). The van der Waals surface area contributed by atoms with E-state index in [0.717, 1.165) is 5.56 Å². The molecule has 11 nitrogen and oxygen atoms in total. The number of benzene rings is 2. The van der Waals surface area contributed by atoms with Crippen LogP contribution in [-0.4, -0.2) is 76.3 Å². The third kappa shape index (κ3) is 5.37. The highest BCUT2D eigenvalue weighted by molar-refractivity contribution is 5.92. The number of ether oxygens (including phenoxy) is 5. The molecule has 4 aliphatic rings. The molecule has 49 heavy (non-hydrogen) atoms. The van der Waals surface area contributed by atoms with Crippen LogP contribution in [0.2, 0.25) is 0 Å². The third-order valence-electron chi connectivity index (χ3n) is 11.7. The van der Waals surface area contributed by atoms with Crippen LogP contribution in [0.15, 0.2) is 71.8 Å². The van der Waals surface area contributed by atoms with E-state index >= 15 is 4.79 Å². The molecule has 3 fully saturated rings. The Morgan fingerprint density at radius 1 is 0.980 bits per heavy atom. The lowest BCUT2D eigenvalue weighted by atomic mass is 9.43. The Morgan fingerprint density at radius 3 is 2.20 bits per heavy atom. The van der Waals surface area contributed by atoms with E-state index in [4.69, 9.17) is 23.7 Å². The van der Waals surface area contributed by atoms with Crippen molar-refractivity contribution >= 4 is 23.9 Å². The van der Waals surface area contributed by atoms with Gasteiger partial charge in [0.2, 0.25) is 0 Å². The Balaban J connectivity index is 1.54. The summed E-state index contributed by atoms with van der Waals surface area (Å²) in [5.41, 5.74) is -4.57. The highest BCUT2D eigenvalue weighted by atomic mass is 16.7. The average molecular weight is 677 g/mol. The molecule has 0 radical (unpaired) electrons. The molecule has 0 unspecified atom stereocenters. The summed E-state index contributed by atoms with van der Waals surface area (Å²) in [7, 11) is 0. The van der Waals surface area contributed by atoms with Crippen molar-refractivity contribution in [2.45, 2.75) is 96.6 Å². The Labute approximate surface area is 285 Å². The number of Topliss-reactive ketones (excluding diaryl/α,β-unsaturated/α-hetero) is 1. The quantitative estimate of drug-likeness (QED) is 0.248. The molecule has 2 N–H and O–H groups in total. The van der Waals surface area contributed by atoms with E-state index in [2.05, 4.69) is 0 Å². The molecular weight excluding hydrogens is 632 g/mol. The van der Waals surface area contributed by atoms with Crippen molar-refractivity contribution in [3.63, 3.8) is 0 Å². The van der Waals surface area contributed by atoms with E-state index in [0.29, 0.717) is 11.1 Å². The van der Waals surface area contributed by atoms with Gasteiger partial charge in [-0.1, -0.05) is 69.3 Å². The first-order chi connectivity index (χ1) is 23.1. The molecule has 0 aromatic heterocycles. The molecule has 0 amide bonds. The molecule has 3 aliphatic carbocycles. The lowest BCUT2D eigenvalue weighted by Crippen LogP contribution is -2.81. The minimum Gasteiger partial charge on any atom is -0.455 e. The van der Waals surface area contributed by atoms with Crippen molar-refractivity contribution in [2.24, 2.45) is 22.7 Å². The predicted octanol–water partition coefficient (Wildman–Crippen LogP) is 4.72. The van der Waals surface area contributed by atoms with Gasteiger partial charge in [-0.3, -0.25) is 9.59 Å². The van der Waals surface area contributed by atoms with Crippen molar-refractivity contribution in [3.05, 3.63) is 82.9 Å². The number of aliphatic hydroxyl groups is 2. The van der Waals surface area contributed by atoms with Gasteiger partial charge in [0.05, 0.1) is 29.6 Å². The number of rotatable bonds is 6. The fraction of sp³-hybridized carbons (Fsp3) is 0.526. The first-order valence-corrected chi connectivity index (χ1v) is 16.7. The summed E-state index contributed by atoms with van der Waals surface area (Å²) in [6.45, 7) is 9.55. The number of fused-ring (bicyclic) bond motifs is 5. The second-order valence-electron chi connectivity index (χ2n) is 14.6. The maximum Gasteiger partial charge on any atom is 0.508 e. The normalized spacial score (nSPS) is 36.1. The van der Waals surface area contributed by atoms with E-state index < -0.39 is 82.2 Å². The van der Waals surface area contributed by atoms with Gasteiger partial charge in [0.15, 0.2) is 5.60 Å². The number of esters is 2. The minimum absolute atomic E-state index is 0.0407. The number of ketones is 1. The molecular formula is C38H44O11. The van der Waals surface area contributed by atoms with Crippen molar-refractivity contribution < 1.29 is 53.1 Å². The van der Waals surface area contributed by atoms with E-state index in [1.54, 1.807) is 77.1 Å². The standard InChI is InChI=1S/C38H44O11/c1-21-26(40)18-38(44)32(48-33(42)25-15-11-8-12-16-25)30-36(6,31(41)22(2)29(21)35(38,4)5)27(17-28-37(30,20-46-28)49-23(3)39)47-34(43)45-19-24-13-9-7-10-14-24/h7-16,22,26-28,30,32,40,44H,17-20H2,1-6H3/t22-,26+,27+,28-,30+,32+,36-,37+,38-/m1/s1. The van der Waals surface area contributed by atoms with E-state index in [-0.39, 0.29) is 31.6 Å². The monoisotopic (exact) mass is 676 g/mol.